The fourth-order valence-electron chi connectivity index (χ4n) is 1.68. The molecule has 0 saturated heterocycles. The Morgan fingerprint density at radius 3 is 2.54 bits per heavy atom. The molecule has 2 nitrogen and oxygen atoms in total. The van der Waals surface area contributed by atoms with Gasteiger partial charge in [0.25, 0.3) is 0 Å². The minimum absolute atomic E-state index is 0.295. The molecule has 0 amide bonds. The van der Waals surface area contributed by atoms with Crippen molar-refractivity contribution >= 4 is 17.7 Å². The summed E-state index contributed by atoms with van der Waals surface area (Å²) in [4.78, 5) is 10.8. The van der Waals surface area contributed by atoms with E-state index < -0.39 is 5.97 Å². The van der Waals surface area contributed by atoms with Gasteiger partial charge in [-0.2, -0.15) is 11.8 Å². The van der Waals surface area contributed by atoms with Gasteiger partial charge in [0.15, 0.2) is 0 Å². The summed E-state index contributed by atoms with van der Waals surface area (Å²) in [7, 11) is 0. The van der Waals surface area contributed by atoms with Gasteiger partial charge in [0.2, 0.25) is 0 Å². The van der Waals surface area contributed by atoms with Crippen LogP contribution in [0.4, 0.5) is 0 Å². The second kappa shape index (κ2) is 3.52. The average molecular weight is 200 g/mol. The lowest BCUT2D eigenvalue weighted by Gasteiger charge is -2.25. The molecule has 2 fully saturated rings. The molecule has 2 rings (SSSR count). The molecule has 13 heavy (non-hydrogen) atoms. The SMILES string of the molecule is O=C(O)C1(CCSC2CCC2)CC1. The van der Waals surface area contributed by atoms with E-state index >= 15 is 0 Å². The summed E-state index contributed by atoms with van der Waals surface area (Å²) < 4.78 is 0. The van der Waals surface area contributed by atoms with Crippen LogP contribution >= 0.6 is 11.8 Å². The average Bonchev–Trinajstić information content (AvgIpc) is 2.75. The Hall–Kier alpha value is -0.180. The van der Waals surface area contributed by atoms with Crippen molar-refractivity contribution in [1.29, 1.82) is 0 Å². The molecule has 1 N–H and O–H groups in total. The van der Waals surface area contributed by atoms with Gasteiger partial charge in [0.1, 0.15) is 0 Å². The number of thioether (sulfide) groups is 1. The van der Waals surface area contributed by atoms with Crippen LogP contribution in [0.5, 0.6) is 0 Å². The van der Waals surface area contributed by atoms with E-state index in [0.717, 1.165) is 30.3 Å². The summed E-state index contributed by atoms with van der Waals surface area (Å²) in [5, 5.41) is 9.78. The van der Waals surface area contributed by atoms with Crippen LogP contribution in [-0.4, -0.2) is 22.1 Å². The van der Waals surface area contributed by atoms with Crippen molar-refractivity contribution in [2.45, 2.75) is 43.8 Å². The molecule has 2 saturated carbocycles. The normalized spacial score (nSPS) is 25.2. The number of hydrogen-bond donors (Lipinski definition) is 1. The summed E-state index contributed by atoms with van der Waals surface area (Å²) in [6, 6.07) is 0. The van der Waals surface area contributed by atoms with Crippen LogP contribution in [0.25, 0.3) is 0 Å². The molecule has 0 unspecified atom stereocenters. The molecule has 3 heteroatoms. The molecule has 74 valence electrons. The van der Waals surface area contributed by atoms with E-state index in [1.807, 2.05) is 11.8 Å². The van der Waals surface area contributed by atoms with Gasteiger partial charge in [-0.15, -0.1) is 0 Å². The van der Waals surface area contributed by atoms with Crippen LogP contribution < -0.4 is 0 Å². The first-order valence-corrected chi connectivity index (χ1v) is 6.13. The molecule has 0 atom stereocenters. The Morgan fingerprint density at radius 1 is 1.46 bits per heavy atom. The third-order valence-corrected chi connectivity index (χ3v) is 4.68. The van der Waals surface area contributed by atoms with Crippen molar-refractivity contribution in [2.75, 3.05) is 5.75 Å². The van der Waals surface area contributed by atoms with Gasteiger partial charge < -0.3 is 5.11 Å². The fraction of sp³-hybridized carbons (Fsp3) is 0.900. The first kappa shape index (κ1) is 9.38. The maximum absolute atomic E-state index is 10.8. The summed E-state index contributed by atoms with van der Waals surface area (Å²) in [5.41, 5.74) is -0.295. The minimum atomic E-state index is -0.568. The fourth-order valence-corrected chi connectivity index (χ4v) is 3.19. The Morgan fingerprint density at radius 2 is 2.15 bits per heavy atom. The molecule has 0 aromatic heterocycles. The monoisotopic (exact) mass is 200 g/mol. The molecule has 2 aliphatic carbocycles. The highest BCUT2D eigenvalue weighted by Crippen LogP contribution is 2.50. The second-order valence-corrected chi connectivity index (χ2v) is 5.67. The van der Waals surface area contributed by atoms with Gasteiger partial charge in [-0.3, -0.25) is 4.79 Å². The third-order valence-electron chi connectivity index (χ3n) is 3.29. The molecular weight excluding hydrogens is 184 g/mol. The smallest absolute Gasteiger partial charge is 0.309 e. The lowest BCUT2D eigenvalue weighted by molar-refractivity contribution is -0.143. The number of hydrogen-bond acceptors (Lipinski definition) is 2. The Bertz CT molecular complexity index is 207. The first-order chi connectivity index (χ1) is 6.23. The van der Waals surface area contributed by atoms with Gasteiger partial charge in [0, 0.05) is 5.25 Å². The van der Waals surface area contributed by atoms with E-state index in [0.29, 0.717) is 0 Å². The molecule has 2 aliphatic rings. The molecular formula is C10H16O2S. The summed E-state index contributed by atoms with van der Waals surface area (Å²) in [6.45, 7) is 0. The second-order valence-electron chi connectivity index (χ2n) is 4.26. The molecule has 0 spiro atoms. The maximum atomic E-state index is 10.8. The predicted molar refractivity (Wildman–Crippen MR) is 54.0 cm³/mol. The van der Waals surface area contributed by atoms with Crippen LogP contribution in [0.2, 0.25) is 0 Å². The van der Waals surface area contributed by atoms with Crippen LogP contribution in [0.3, 0.4) is 0 Å². The highest BCUT2D eigenvalue weighted by molar-refractivity contribution is 7.99. The van der Waals surface area contributed by atoms with Gasteiger partial charge in [-0.25, -0.2) is 0 Å². The van der Waals surface area contributed by atoms with Crippen LogP contribution in [0, 0.1) is 5.41 Å². The van der Waals surface area contributed by atoms with E-state index in [-0.39, 0.29) is 5.41 Å². The standard InChI is InChI=1S/C10H16O2S/c11-9(12)10(4-5-10)6-7-13-8-2-1-3-8/h8H,1-7H2,(H,11,12). The van der Waals surface area contributed by atoms with E-state index in [2.05, 4.69) is 0 Å². The predicted octanol–water partition coefficient (Wildman–Crippen LogP) is 2.53. The van der Waals surface area contributed by atoms with Crippen molar-refractivity contribution in [3.8, 4) is 0 Å². The zero-order valence-electron chi connectivity index (χ0n) is 7.79. The largest absolute Gasteiger partial charge is 0.481 e. The zero-order valence-corrected chi connectivity index (χ0v) is 8.61. The van der Waals surface area contributed by atoms with Crippen LogP contribution in [0.1, 0.15) is 38.5 Å². The van der Waals surface area contributed by atoms with Crippen molar-refractivity contribution in [1.82, 2.24) is 0 Å². The van der Waals surface area contributed by atoms with E-state index in [1.54, 1.807) is 0 Å². The number of carbonyl (C=O) groups is 1. The number of aliphatic carboxylic acids is 1. The molecule has 0 radical (unpaired) electrons. The minimum Gasteiger partial charge on any atom is -0.481 e. The highest BCUT2D eigenvalue weighted by Gasteiger charge is 2.49. The van der Waals surface area contributed by atoms with Crippen molar-refractivity contribution < 1.29 is 9.90 Å². The van der Waals surface area contributed by atoms with Gasteiger partial charge in [-0.05, 0) is 37.9 Å². The number of carboxylic acid groups (broad SMARTS) is 1. The van der Waals surface area contributed by atoms with Gasteiger partial charge in [-0.1, -0.05) is 6.42 Å². The van der Waals surface area contributed by atoms with Crippen LogP contribution in [-0.2, 0) is 4.79 Å². The van der Waals surface area contributed by atoms with E-state index in [9.17, 15) is 4.79 Å². The number of rotatable bonds is 5. The summed E-state index contributed by atoms with van der Waals surface area (Å²) in [5.74, 6) is 0.485. The Kier molecular flexibility index (Phi) is 2.54. The van der Waals surface area contributed by atoms with E-state index in [4.69, 9.17) is 5.11 Å². The molecule has 0 bridgehead atoms. The molecule has 0 aromatic rings. The van der Waals surface area contributed by atoms with Crippen molar-refractivity contribution in [3.05, 3.63) is 0 Å². The molecule has 0 aliphatic heterocycles. The zero-order chi connectivity index (χ0) is 9.31. The lowest BCUT2D eigenvalue weighted by Crippen LogP contribution is -2.18. The van der Waals surface area contributed by atoms with E-state index in [1.165, 1.54) is 19.3 Å². The Balaban J connectivity index is 1.64. The highest BCUT2D eigenvalue weighted by atomic mass is 32.2. The lowest BCUT2D eigenvalue weighted by atomic mass is 10.00. The number of carboxylic acids is 1. The van der Waals surface area contributed by atoms with Crippen molar-refractivity contribution in [2.24, 2.45) is 5.41 Å². The summed E-state index contributed by atoms with van der Waals surface area (Å²) >= 11 is 1.98. The van der Waals surface area contributed by atoms with Crippen LogP contribution in [0.15, 0.2) is 0 Å². The van der Waals surface area contributed by atoms with Gasteiger partial charge >= 0.3 is 5.97 Å². The first-order valence-electron chi connectivity index (χ1n) is 5.08. The topological polar surface area (TPSA) is 37.3 Å². The molecule has 0 heterocycles. The quantitative estimate of drug-likeness (QED) is 0.741. The van der Waals surface area contributed by atoms with Crippen molar-refractivity contribution in [3.63, 3.8) is 0 Å². The summed E-state index contributed by atoms with van der Waals surface area (Å²) in [6.07, 6.45) is 6.79. The van der Waals surface area contributed by atoms with Gasteiger partial charge in [0.05, 0.1) is 5.41 Å². The maximum Gasteiger partial charge on any atom is 0.309 e. The molecule has 0 aromatic carbocycles. The Labute approximate surface area is 83.1 Å². The third kappa shape index (κ3) is 2.01.